The van der Waals surface area contributed by atoms with Crippen molar-refractivity contribution in [3.05, 3.63) is 24.4 Å². The van der Waals surface area contributed by atoms with Gasteiger partial charge in [-0.1, -0.05) is 25.8 Å². The molecule has 2 amide bonds. The van der Waals surface area contributed by atoms with Crippen LogP contribution in [0.1, 0.15) is 79.6 Å². The lowest BCUT2D eigenvalue weighted by Crippen LogP contribution is -2.63. The zero-order valence-electron chi connectivity index (χ0n) is 22.8. The van der Waals surface area contributed by atoms with E-state index in [0.717, 1.165) is 58.0 Å². The fourth-order valence-corrected chi connectivity index (χ4v) is 6.03. The van der Waals surface area contributed by atoms with E-state index in [4.69, 9.17) is 9.47 Å². The molecule has 4 rings (SSSR count). The Kier molecular flexibility index (Phi) is 7.83. The molecule has 0 N–H and O–H groups in total. The van der Waals surface area contributed by atoms with Crippen molar-refractivity contribution in [2.45, 2.75) is 96.3 Å². The van der Waals surface area contributed by atoms with Gasteiger partial charge in [0.15, 0.2) is 0 Å². The van der Waals surface area contributed by atoms with Gasteiger partial charge in [0.1, 0.15) is 17.0 Å². The molecule has 3 saturated heterocycles. The van der Waals surface area contributed by atoms with Crippen LogP contribution in [0.5, 0.6) is 0 Å². The highest BCUT2D eigenvalue weighted by atomic mass is 16.6. The van der Waals surface area contributed by atoms with Gasteiger partial charge >= 0.3 is 12.2 Å². The van der Waals surface area contributed by atoms with Crippen LogP contribution in [-0.2, 0) is 9.47 Å². The number of nitrogens with zero attached hydrogens (tertiary/aromatic N) is 4. The van der Waals surface area contributed by atoms with Gasteiger partial charge in [-0.2, -0.15) is 0 Å². The third-order valence-corrected chi connectivity index (χ3v) is 8.36. The highest BCUT2D eigenvalue weighted by Crippen LogP contribution is 2.43. The van der Waals surface area contributed by atoms with E-state index in [1.165, 1.54) is 0 Å². The molecule has 200 valence electrons. The van der Waals surface area contributed by atoms with Gasteiger partial charge < -0.3 is 14.4 Å². The Morgan fingerprint density at radius 2 is 1.83 bits per heavy atom. The Bertz CT molecular complexity index is 900. The van der Waals surface area contributed by atoms with E-state index in [0.29, 0.717) is 31.4 Å². The van der Waals surface area contributed by atoms with Crippen molar-refractivity contribution in [2.75, 3.05) is 37.6 Å². The zero-order valence-corrected chi connectivity index (χ0v) is 22.8. The molecule has 8 heteroatoms. The second kappa shape index (κ2) is 10.6. The first-order valence-corrected chi connectivity index (χ1v) is 13.7. The lowest BCUT2D eigenvalue weighted by molar-refractivity contribution is -0.106. The third-order valence-electron chi connectivity index (χ3n) is 8.36. The fraction of sp³-hybridized carbons (Fsp3) is 0.750. The van der Waals surface area contributed by atoms with Gasteiger partial charge in [0.25, 0.3) is 0 Å². The number of aromatic nitrogens is 1. The standard InChI is InChI=1S/C28H44N4O4/c1-6-7-10-22-21-32(23-11-8-9-16-29-23)25(34)36-28(22)14-19-31(20-15-28)27(5)12-17-30(18-13-27)24(33)35-26(2,3)4/h8-9,11,16,22H,6-7,10,12-15,17-21H2,1-5H3. The lowest BCUT2D eigenvalue weighted by Gasteiger charge is -2.54. The number of carbonyl (C=O) groups excluding carboxylic acids is 2. The Hall–Kier alpha value is -2.35. The molecule has 0 radical (unpaired) electrons. The largest absolute Gasteiger partial charge is 0.444 e. The summed E-state index contributed by atoms with van der Waals surface area (Å²) in [5, 5.41) is 0. The van der Waals surface area contributed by atoms with E-state index < -0.39 is 11.2 Å². The second-order valence-corrected chi connectivity index (χ2v) is 12.0. The van der Waals surface area contributed by atoms with Crippen LogP contribution in [0.2, 0.25) is 0 Å². The number of amides is 2. The SMILES string of the molecule is CCCCC1CN(c2ccccn2)C(=O)OC12CCN(C1(C)CCN(C(=O)OC(C)(C)C)CC1)CC2. The summed E-state index contributed by atoms with van der Waals surface area (Å²) in [4.78, 5) is 36.2. The Balaban J connectivity index is 1.39. The van der Waals surface area contributed by atoms with Crippen LogP contribution in [0, 0.1) is 5.92 Å². The minimum atomic E-state index is -0.475. The molecule has 8 nitrogen and oxygen atoms in total. The highest BCUT2D eigenvalue weighted by Gasteiger charge is 2.52. The number of ether oxygens (including phenoxy) is 2. The van der Waals surface area contributed by atoms with E-state index in [-0.39, 0.29) is 17.7 Å². The van der Waals surface area contributed by atoms with Crippen LogP contribution < -0.4 is 4.90 Å². The summed E-state index contributed by atoms with van der Waals surface area (Å²) in [7, 11) is 0. The Morgan fingerprint density at radius 3 is 2.42 bits per heavy atom. The van der Waals surface area contributed by atoms with Crippen molar-refractivity contribution in [3.8, 4) is 0 Å². The predicted octanol–water partition coefficient (Wildman–Crippen LogP) is 5.47. The smallest absolute Gasteiger partial charge is 0.416 e. The van der Waals surface area contributed by atoms with Crippen molar-refractivity contribution in [2.24, 2.45) is 5.92 Å². The maximum atomic E-state index is 13.1. The molecule has 1 aromatic heterocycles. The van der Waals surface area contributed by atoms with Crippen molar-refractivity contribution in [1.82, 2.24) is 14.8 Å². The molecule has 0 aromatic carbocycles. The predicted molar refractivity (Wildman–Crippen MR) is 140 cm³/mol. The molecule has 3 aliphatic rings. The van der Waals surface area contributed by atoms with Gasteiger partial charge in [-0.25, -0.2) is 14.6 Å². The average Bonchev–Trinajstić information content (AvgIpc) is 2.84. The molecule has 3 aliphatic heterocycles. The van der Waals surface area contributed by atoms with Crippen LogP contribution >= 0.6 is 0 Å². The number of hydrogen-bond donors (Lipinski definition) is 0. The fourth-order valence-electron chi connectivity index (χ4n) is 6.03. The van der Waals surface area contributed by atoms with E-state index >= 15 is 0 Å². The van der Waals surface area contributed by atoms with Crippen LogP contribution in [0.4, 0.5) is 15.4 Å². The Morgan fingerprint density at radius 1 is 1.14 bits per heavy atom. The number of anilines is 1. The summed E-state index contributed by atoms with van der Waals surface area (Å²) in [5.74, 6) is 0.960. The van der Waals surface area contributed by atoms with E-state index in [1.54, 1.807) is 11.1 Å². The molecule has 0 aliphatic carbocycles. The summed E-state index contributed by atoms with van der Waals surface area (Å²) in [6.07, 6.45) is 8.10. The van der Waals surface area contributed by atoms with Crippen molar-refractivity contribution in [3.63, 3.8) is 0 Å². The molecule has 1 atom stereocenters. The third kappa shape index (κ3) is 5.79. The normalized spacial score (nSPS) is 24.5. The number of rotatable bonds is 5. The van der Waals surface area contributed by atoms with Gasteiger partial charge in [-0.15, -0.1) is 0 Å². The molecule has 0 bridgehead atoms. The first-order valence-electron chi connectivity index (χ1n) is 13.7. The summed E-state index contributed by atoms with van der Waals surface area (Å²) in [6.45, 7) is 14.1. The summed E-state index contributed by atoms with van der Waals surface area (Å²) >= 11 is 0. The second-order valence-electron chi connectivity index (χ2n) is 12.0. The summed E-state index contributed by atoms with van der Waals surface area (Å²) in [5.41, 5.74) is -0.837. The van der Waals surface area contributed by atoms with Crippen molar-refractivity contribution in [1.29, 1.82) is 0 Å². The quantitative estimate of drug-likeness (QED) is 0.534. The van der Waals surface area contributed by atoms with Gasteiger partial charge in [0, 0.05) is 63.2 Å². The molecule has 4 heterocycles. The average molecular weight is 501 g/mol. The maximum Gasteiger partial charge on any atom is 0.416 e. The molecular weight excluding hydrogens is 456 g/mol. The van der Waals surface area contributed by atoms with Crippen molar-refractivity contribution >= 4 is 18.0 Å². The topological polar surface area (TPSA) is 75.2 Å². The molecule has 1 unspecified atom stereocenters. The van der Waals surface area contributed by atoms with E-state index in [1.807, 2.05) is 43.9 Å². The van der Waals surface area contributed by atoms with Crippen LogP contribution in [0.15, 0.2) is 24.4 Å². The zero-order chi connectivity index (χ0) is 26.0. The number of unbranched alkanes of at least 4 members (excludes halogenated alkanes) is 1. The number of pyridine rings is 1. The number of likely N-dealkylation sites (tertiary alicyclic amines) is 2. The number of hydrogen-bond acceptors (Lipinski definition) is 6. The van der Waals surface area contributed by atoms with E-state index in [9.17, 15) is 9.59 Å². The minimum absolute atomic E-state index is 0.0394. The van der Waals surface area contributed by atoms with Gasteiger partial charge in [0.05, 0.1) is 0 Å². The molecule has 36 heavy (non-hydrogen) atoms. The Labute approximate surface area is 216 Å². The first-order chi connectivity index (χ1) is 17.1. The summed E-state index contributed by atoms with van der Waals surface area (Å²) < 4.78 is 11.9. The van der Waals surface area contributed by atoms with Gasteiger partial charge in [-0.05, 0) is 59.1 Å². The van der Waals surface area contributed by atoms with Crippen LogP contribution in [0.25, 0.3) is 0 Å². The highest BCUT2D eigenvalue weighted by molar-refractivity contribution is 5.87. The molecule has 1 aromatic rings. The lowest BCUT2D eigenvalue weighted by atomic mass is 9.74. The van der Waals surface area contributed by atoms with Crippen LogP contribution in [-0.4, -0.2) is 76.4 Å². The monoisotopic (exact) mass is 500 g/mol. The van der Waals surface area contributed by atoms with Gasteiger partial charge in [0.2, 0.25) is 0 Å². The molecule has 3 fully saturated rings. The van der Waals surface area contributed by atoms with Gasteiger partial charge in [-0.3, -0.25) is 9.80 Å². The summed E-state index contributed by atoms with van der Waals surface area (Å²) in [6, 6.07) is 5.65. The molecular formula is C28H44N4O4. The number of piperidine rings is 2. The molecule has 0 saturated carbocycles. The van der Waals surface area contributed by atoms with Crippen molar-refractivity contribution < 1.29 is 19.1 Å². The minimum Gasteiger partial charge on any atom is -0.444 e. The first kappa shape index (κ1) is 26.7. The maximum absolute atomic E-state index is 13.1. The van der Waals surface area contributed by atoms with E-state index in [2.05, 4.69) is 23.7 Å². The number of carbonyl (C=O) groups is 2. The molecule has 1 spiro atoms. The van der Waals surface area contributed by atoms with Crippen LogP contribution in [0.3, 0.4) is 0 Å².